The molecule has 17 heavy (non-hydrogen) atoms. The van der Waals surface area contributed by atoms with E-state index in [4.69, 9.17) is 4.74 Å². The first-order valence-electron chi connectivity index (χ1n) is 5.41. The van der Waals surface area contributed by atoms with Gasteiger partial charge in [-0.2, -0.15) is 0 Å². The summed E-state index contributed by atoms with van der Waals surface area (Å²) in [6, 6.07) is 9.55. The maximum atomic E-state index is 5.70. The molecule has 3 nitrogen and oxygen atoms in total. The smallest absolute Gasteiger partial charge is 0.222 e. The van der Waals surface area contributed by atoms with Crippen molar-refractivity contribution in [3.8, 4) is 11.6 Å². The van der Waals surface area contributed by atoms with Crippen LogP contribution in [0.15, 0.2) is 41.1 Å². The zero-order valence-electron chi connectivity index (χ0n) is 9.72. The molecule has 0 bridgehead atoms. The van der Waals surface area contributed by atoms with Crippen molar-refractivity contribution in [2.75, 3.05) is 0 Å². The SMILES string of the molecule is CC(C)c1cc(Oc2ccccc2Br)ncn1. The van der Waals surface area contributed by atoms with Crippen LogP contribution in [-0.2, 0) is 0 Å². The van der Waals surface area contributed by atoms with Gasteiger partial charge in [0.25, 0.3) is 0 Å². The number of hydrogen-bond donors (Lipinski definition) is 0. The Balaban J connectivity index is 2.25. The highest BCUT2D eigenvalue weighted by atomic mass is 79.9. The molecule has 1 aromatic carbocycles. The number of hydrogen-bond acceptors (Lipinski definition) is 3. The zero-order valence-corrected chi connectivity index (χ0v) is 11.3. The van der Waals surface area contributed by atoms with Gasteiger partial charge in [0.2, 0.25) is 5.88 Å². The van der Waals surface area contributed by atoms with E-state index < -0.39 is 0 Å². The second-order valence-corrected chi connectivity index (χ2v) is 4.82. The minimum absolute atomic E-state index is 0.361. The monoisotopic (exact) mass is 292 g/mol. The van der Waals surface area contributed by atoms with E-state index in [1.807, 2.05) is 30.3 Å². The molecular weight excluding hydrogens is 280 g/mol. The zero-order chi connectivity index (χ0) is 12.3. The molecule has 0 N–H and O–H groups in total. The van der Waals surface area contributed by atoms with Gasteiger partial charge in [0.05, 0.1) is 10.2 Å². The number of rotatable bonds is 3. The first-order chi connectivity index (χ1) is 8.16. The lowest BCUT2D eigenvalue weighted by Crippen LogP contribution is -1.96. The topological polar surface area (TPSA) is 35.0 Å². The van der Waals surface area contributed by atoms with Gasteiger partial charge >= 0.3 is 0 Å². The Morgan fingerprint density at radius 2 is 1.94 bits per heavy atom. The molecule has 0 aliphatic heterocycles. The fourth-order valence-corrected chi connectivity index (χ4v) is 1.73. The first-order valence-corrected chi connectivity index (χ1v) is 6.20. The van der Waals surface area contributed by atoms with Gasteiger partial charge in [-0.15, -0.1) is 0 Å². The van der Waals surface area contributed by atoms with Gasteiger partial charge in [-0.05, 0) is 34.0 Å². The maximum absolute atomic E-state index is 5.70. The predicted molar refractivity (Wildman–Crippen MR) is 70.3 cm³/mol. The number of nitrogens with zero attached hydrogens (tertiary/aromatic N) is 2. The predicted octanol–water partition coefficient (Wildman–Crippen LogP) is 4.15. The highest BCUT2D eigenvalue weighted by molar-refractivity contribution is 9.10. The molecule has 1 aromatic heterocycles. The van der Waals surface area contributed by atoms with E-state index in [0.717, 1.165) is 15.9 Å². The van der Waals surface area contributed by atoms with E-state index >= 15 is 0 Å². The average molecular weight is 293 g/mol. The van der Waals surface area contributed by atoms with E-state index in [0.29, 0.717) is 11.8 Å². The molecule has 0 atom stereocenters. The third-order valence-electron chi connectivity index (χ3n) is 2.31. The van der Waals surface area contributed by atoms with Crippen LogP contribution in [-0.4, -0.2) is 9.97 Å². The quantitative estimate of drug-likeness (QED) is 0.852. The molecule has 0 saturated carbocycles. The van der Waals surface area contributed by atoms with Crippen LogP contribution in [0.2, 0.25) is 0 Å². The molecule has 0 amide bonds. The number of ether oxygens (including phenoxy) is 1. The number of halogens is 1. The van der Waals surface area contributed by atoms with Gasteiger partial charge in [-0.25, -0.2) is 9.97 Å². The van der Waals surface area contributed by atoms with Crippen LogP contribution in [0.1, 0.15) is 25.5 Å². The second kappa shape index (κ2) is 5.27. The standard InChI is InChI=1S/C13H13BrN2O/c1-9(2)11-7-13(16-8-15-11)17-12-6-4-3-5-10(12)14/h3-9H,1-2H3. The first kappa shape index (κ1) is 12.0. The van der Waals surface area contributed by atoms with E-state index in [1.54, 1.807) is 0 Å². The van der Waals surface area contributed by atoms with Crippen molar-refractivity contribution in [1.82, 2.24) is 9.97 Å². The Labute approximate surface area is 109 Å². The van der Waals surface area contributed by atoms with E-state index in [2.05, 4.69) is 39.7 Å². The summed E-state index contributed by atoms with van der Waals surface area (Å²) in [6.45, 7) is 4.18. The molecule has 0 spiro atoms. The molecule has 2 rings (SSSR count). The summed E-state index contributed by atoms with van der Waals surface area (Å²) in [6.07, 6.45) is 1.53. The van der Waals surface area contributed by atoms with Gasteiger partial charge in [-0.3, -0.25) is 0 Å². The van der Waals surface area contributed by atoms with Crippen molar-refractivity contribution in [3.63, 3.8) is 0 Å². The number of para-hydroxylation sites is 1. The van der Waals surface area contributed by atoms with Crippen LogP contribution < -0.4 is 4.74 Å². The molecule has 0 aliphatic rings. The molecule has 0 aliphatic carbocycles. The Bertz CT molecular complexity index is 514. The fraction of sp³-hybridized carbons (Fsp3) is 0.231. The van der Waals surface area contributed by atoms with Crippen molar-refractivity contribution in [2.45, 2.75) is 19.8 Å². The highest BCUT2D eigenvalue weighted by Gasteiger charge is 2.06. The van der Waals surface area contributed by atoms with Gasteiger partial charge in [-0.1, -0.05) is 26.0 Å². The molecule has 2 aromatic rings. The highest BCUT2D eigenvalue weighted by Crippen LogP contribution is 2.28. The molecular formula is C13H13BrN2O. The summed E-state index contributed by atoms with van der Waals surface area (Å²) in [7, 11) is 0. The third-order valence-corrected chi connectivity index (χ3v) is 2.96. The Hall–Kier alpha value is -1.42. The van der Waals surface area contributed by atoms with Gasteiger partial charge < -0.3 is 4.74 Å². The van der Waals surface area contributed by atoms with Crippen LogP contribution in [0.5, 0.6) is 11.6 Å². The summed E-state index contributed by atoms with van der Waals surface area (Å²) < 4.78 is 6.61. The van der Waals surface area contributed by atoms with Crippen molar-refractivity contribution in [2.24, 2.45) is 0 Å². The minimum Gasteiger partial charge on any atom is -0.438 e. The Morgan fingerprint density at radius 3 is 2.65 bits per heavy atom. The lowest BCUT2D eigenvalue weighted by atomic mass is 10.1. The van der Waals surface area contributed by atoms with Crippen molar-refractivity contribution < 1.29 is 4.74 Å². The van der Waals surface area contributed by atoms with E-state index in [-0.39, 0.29) is 0 Å². The van der Waals surface area contributed by atoms with Gasteiger partial charge in [0.15, 0.2) is 0 Å². The number of aromatic nitrogens is 2. The van der Waals surface area contributed by atoms with Crippen LogP contribution in [0.3, 0.4) is 0 Å². The maximum Gasteiger partial charge on any atom is 0.222 e. The molecule has 0 radical (unpaired) electrons. The van der Waals surface area contributed by atoms with Gasteiger partial charge in [0, 0.05) is 6.07 Å². The third kappa shape index (κ3) is 3.03. The molecule has 88 valence electrons. The van der Waals surface area contributed by atoms with Crippen LogP contribution in [0.25, 0.3) is 0 Å². The second-order valence-electron chi connectivity index (χ2n) is 3.97. The molecule has 1 heterocycles. The molecule has 0 saturated heterocycles. The summed E-state index contributed by atoms with van der Waals surface area (Å²) in [5.74, 6) is 1.68. The molecule has 0 unspecified atom stereocenters. The summed E-state index contributed by atoms with van der Waals surface area (Å²) >= 11 is 3.43. The summed E-state index contributed by atoms with van der Waals surface area (Å²) in [5, 5.41) is 0. The lowest BCUT2D eigenvalue weighted by molar-refractivity contribution is 0.456. The van der Waals surface area contributed by atoms with E-state index in [1.165, 1.54) is 6.33 Å². The van der Waals surface area contributed by atoms with Crippen LogP contribution in [0.4, 0.5) is 0 Å². The number of benzene rings is 1. The van der Waals surface area contributed by atoms with Crippen molar-refractivity contribution in [1.29, 1.82) is 0 Å². The van der Waals surface area contributed by atoms with E-state index in [9.17, 15) is 0 Å². The summed E-state index contributed by atoms with van der Waals surface area (Å²) in [5.41, 5.74) is 0.974. The Kier molecular flexibility index (Phi) is 3.74. The Morgan fingerprint density at radius 1 is 1.18 bits per heavy atom. The van der Waals surface area contributed by atoms with Crippen LogP contribution >= 0.6 is 15.9 Å². The van der Waals surface area contributed by atoms with Gasteiger partial charge in [0.1, 0.15) is 12.1 Å². The molecule has 4 heteroatoms. The minimum atomic E-state index is 0.361. The van der Waals surface area contributed by atoms with Crippen molar-refractivity contribution >= 4 is 15.9 Å². The lowest BCUT2D eigenvalue weighted by Gasteiger charge is -2.08. The molecule has 0 fully saturated rings. The average Bonchev–Trinajstić information content (AvgIpc) is 2.32. The largest absolute Gasteiger partial charge is 0.438 e. The summed E-state index contributed by atoms with van der Waals surface area (Å²) in [4.78, 5) is 8.30. The van der Waals surface area contributed by atoms with Crippen molar-refractivity contribution in [3.05, 3.63) is 46.8 Å². The fourth-order valence-electron chi connectivity index (χ4n) is 1.37. The normalized spacial score (nSPS) is 10.6. The van der Waals surface area contributed by atoms with Crippen LogP contribution in [0, 0.1) is 0 Å².